The van der Waals surface area contributed by atoms with Gasteiger partial charge in [0, 0.05) is 5.56 Å². The van der Waals surface area contributed by atoms with E-state index in [4.69, 9.17) is 9.47 Å². The Labute approximate surface area is 161 Å². The molecule has 0 aliphatic heterocycles. The number of ketones is 1. The number of alkyl halides is 2. The van der Waals surface area contributed by atoms with Crippen LogP contribution in [0.4, 0.5) is 8.78 Å². The van der Waals surface area contributed by atoms with E-state index < -0.39 is 18.7 Å². The average molecular weight is 390 g/mol. The summed E-state index contributed by atoms with van der Waals surface area (Å²) >= 11 is 0. The summed E-state index contributed by atoms with van der Waals surface area (Å²) in [5.74, 6) is -1.29. The topological polar surface area (TPSA) is 61.8 Å². The van der Waals surface area contributed by atoms with Crippen molar-refractivity contribution in [2.45, 2.75) is 38.9 Å². The number of rotatable bonds is 7. The van der Waals surface area contributed by atoms with Crippen molar-refractivity contribution >= 4 is 11.8 Å². The number of halogens is 2. The lowest BCUT2D eigenvalue weighted by Gasteiger charge is -2.14. The fraction of sp³-hybridized carbons (Fsp3) is 0.333. The molecule has 0 spiro atoms. The highest BCUT2D eigenvalue weighted by molar-refractivity contribution is 6.01. The Kier molecular flexibility index (Phi) is 5.92. The zero-order valence-corrected chi connectivity index (χ0v) is 15.5. The van der Waals surface area contributed by atoms with Crippen molar-refractivity contribution < 1.29 is 32.6 Å². The van der Waals surface area contributed by atoms with E-state index in [1.807, 2.05) is 12.1 Å². The van der Waals surface area contributed by atoms with E-state index in [1.165, 1.54) is 37.8 Å². The summed E-state index contributed by atoms with van der Waals surface area (Å²) in [5.41, 5.74) is 2.97. The lowest BCUT2D eigenvalue weighted by atomic mass is 10.0. The first-order valence-corrected chi connectivity index (χ1v) is 8.89. The Balaban J connectivity index is 1.70. The highest BCUT2D eigenvalue weighted by atomic mass is 19.3. The van der Waals surface area contributed by atoms with Crippen LogP contribution in [0.25, 0.3) is 0 Å². The zero-order chi connectivity index (χ0) is 20.3. The molecule has 0 amide bonds. The minimum Gasteiger partial charge on any atom is -0.493 e. The molecule has 2 aromatic rings. The molecule has 3 rings (SSSR count). The number of benzene rings is 2. The first kappa shape index (κ1) is 19.8. The van der Waals surface area contributed by atoms with E-state index in [0.29, 0.717) is 5.56 Å². The van der Waals surface area contributed by atoms with E-state index in [-0.39, 0.29) is 22.8 Å². The number of ether oxygens (including phenoxy) is 3. The minimum absolute atomic E-state index is 0.0349. The summed E-state index contributed by atoms with van der Waals surface area (Å²) in [4.78, 5) is 25.0. The largest absolute Gasteiger partial charge is 0.493 e. The van der Waals surface area contributed by atoms with E-state index >= 15 is 0 Å². The van der Waals surface area contributed by atoms with Gasteiger partial charge in [0.15, 0.2) is 17.6 Å². The number of carbonyl (C=O) groups excluding carboxylic acids is 2. The minimum atomic E-state index is -3.02. The van der Waals surface area contributed by atoms with Crippen molar-refractivity contribution in [3.05, 3.63) is 58.7 Å². The Bertz CT molecular complexity index is 894. The summed E-state index contributed by atoms with van der Waals surface area (Å²) in [6.07, 6.45) is 2.04. The number of esters is 1. The van der Waals surface area contributed by atoms with Crippen LogP contribution >= 0.6 is 0 Å². The van der Waals surface area contributed by atoms with Crippen molar-refractivity contribution in [3.8, 4) is 11.5 Å². The maximum atomic E-state index is 12.6. The van der Waals surface area contributed by atoms with Crippen molar-refractivity contribution in [1.29, 1.82) is 0 Å². The number of hydrogen-bond donors (Lipinski definition) is 0. The van der Waals surface area contributed by atoms with Gasteiger partial charge in [-0.15, -0.1) is 0 Å². The Morgan fingerprint density at radius 3 is 2.39 bits per heavy atom. The smallest absolute Gasteiger partial charge is 0.387 e. The number of methoxy groups -OCH3 is 1. The van der Waals surface area contributed by atoms with Crippen LogP contribution in [0, 0.1) is 0 Å². The first-order valence-electron chi connectivity index (χ1n) is 8.89. The SMILES string of the molecule is COc1cc(C(=O)O[C@@H](C)C(=O)c2ccc3c(c2)CCC3)ccc1OC(F)F. The van der Waals surface area contributed by atoms with Crippen LogP contribution < -0.4 is 9.47 Å². The summed E-state index contributed by atoms with van der Waals surface area (Å²) in [7, 11) is 1.27. The number of aryl methyl sites for hydroxylation is 2. The van der Waals surface area contributed by atoms with Gasteiger partial charge in [-0.1, -0.05) is 12.1 Å². The highest BCUT2D eigenvalue weighted by Crippen LogP contribution is 2.30. The molecule has 1 aliphatic rings. The molecule has 0 N–H and O–H groups in total. The van der Waals surface area contributed by atoms with Crippen molar-refractivity contribution in [2.75, 3.05) is 7.11 Å². The third kappa shape index (κ3) is 4.30. The van der Waals surface area contributed by atoms with Gasteiger partial charge in [-0.25, -0.2) is 4.79 Å². The molecule has 2 aromatic carbocycles. The van der Waals surface area contributed by atoms with E-state index in [0.717, 1.165) is 24.8 Å². The van der Waals surface area contributed by atoms with Gasteiger partial charge in [0.25, 0.3) is 0 Å². The molecule has 0 aromatic heterocycles. The monoisotopic (exact) mass is 390 g/mol. The Morgan fingerprint density at radius 1 is 0.964 bits per heavy atom. The Morgan fingerprint density at radius 2 is 1.68 bits per heavy atom. The number of Topliss-reactive ketones (excluding diaryl/α,β-unsaturated/α-hetero) is 1. The van der Waals surface area contributed by atoms with E-state index in [9.17, 15) is 18.4 Å². The van der Waals surface area contributed by atoms with Crippen LogP contribution in [0.5, 0.6) is 11.5 Å². The van der Waals surface area contributed by atoms with Crippen LogP contribution in [0.2, 0.25) is 0 Å². The number of fused-ring (bicyclic) bond motifs is 1. The van der Waals surface area contributed by atoms with Crippen LogP contribution in [-0.4, -0.2) is 31.6 Å². The Hall–Kier alpha value is -2.96. The number of hydrogen-bond acceptors (Lipinski definition) is 5. The lowest BCUT2D eigenvalue weighted by Crippen LogP contribution is -2.24. The maximum Gasteiger partial charge on any atom is 0.387 e. The lowest BCUT2D eigenvalue weighted by molar-refractivity contribution is -0.0512. The quantitative estimate of drug-likeness (QED) is 0.523. The molecule has 0 bridgehead atoms. The molecule has 148 valence electrons. The van der Waals surface area contributed by atoms with Crippen molar-refractivity contribution in [2.24, 2.45) is 0 Å². The molecule has 5 nitrogen and oxygen atoms in total. The molecular formula is C21H20F2O5. The molecule has 1 atom stereocenters. The summed E-state index contributed by atoms with van der Waals surface area (Å²) in [6.45, 7) is -1.52. The second kappa shape index (κ2) is 8.37. The van der Waals surface area contributed by atoms with Gasteiger partial charge in [-0.2, -0.15) is 8.78 Å². The molecule has 0 unspecified atom stereocenters. The highest BCUT2D eigenvalue weighted by Gasteiger charge is 2.23. The second-order valence-corrected chi connectivity index (χ2v) is 6.49. The van der Waals surface area contributed by atoms with Gasteiger partial charge in [-0.05, 0) is 61.6 Å². The molecule has 0 radical (unpaired) electrons. The maximum absolute atomic E-state index is 12.6. The predicted molar refractivity (Wildman–Crippen MR) is 97.3 cm³/mol. The molecule has 7 heteroatoms. The van der Waals surface area contributed by atoms with Crippen LogP contribution in [-0.2, 0) is 17.6 Å². The van der Waals surface area contributed by atoms with Gasteiger partial charge >= 0.3 is 12.6 Å². The fourth-order valence-corrected chi connectivity index (χ4v) is 3.23. The van der Waals surface area contributed by atoms with E-state index in [2.05, 4.69) is 4.74 Å². The van der Waals surface area contributed by atoms with Gasteiger partial charge in [0.2, 0.25) is 5.78 Å². The molecule has 0 heterocycles. The van der Waals surface area contributed by atoms with Gasteiger partial charge in [0.1, 0.15) is 0 Å². The molecule has 0 saturated heterocycles. The third-order valence-electron chi connectivity index (χ3n) is 4.65. The molecular weight excluding hydrogens is 370 g/mol. The summed E-state index contributed by atoms with van der Waals surface area (Å²) < 4.78 is 39.3. The molecule has 28 heavy (non-hydrogen) atoms. The number of carbonyl (C=O) groups is 2. The van der Waals surface area contributed by atoms with Gasteiger partial charge in [0.05, 0.1) is 12.7 Å². The van der Waals surface area contributed by atoms with Crippen LogP contribution in [0.3, 0.4) is 0 Å². The third-order valence-corrected chi connectivity index (χ3v) is 4.65. The molecule has 0 saturated carbocycles. The zero-order valence-electron chi connectivity index (χ0n) is 15.5. The van der Waals surface area contributed by atoms with Gasteiger partial charge in [-0.3, -0.25) is 4.79 Å². The van der Waals surface area contributed by atoms with Crippen LogP contribution in [0.1, 0.15) is 45.2 Å². The standard InChI is InChI=1S/C21H20F2O5/c1-12(19(24)15-7-6-13-4-3-5-14(13)10-15)27-20(25)16-8-9-17(28-21(22)23)18(11-16)26-2/h6-12,21H,3-5H2,1-2H3/t12-/m0/s1. The summed E-state index contributed by atoms with van der Waals surface area (Å²) in [6, 6.07) is 9.23. The predicted octanol–water partition coefficient (Wildman–Crippen LogP) is 4.21. The first-order chi connectivity index (χ1) is 13.4. The fourth-order valence-electron chi connectivity index (χ4n) is 3.23. The van der Waals surface area contributed by atoms with Crippen LogP contribution in [0.15, 0.2) is 36.4 Å². The second-order valence-electron chi connectivity index (χ2n) is 6.49. The summed E-state index contributed by atoms with van der Waals surface area (Å²) in [5, 5.41) is 0. The normalized spacial score (nSPS) is 13.8. The van der Waals surface area contributed by atoms with E-state index in [1.54, 1.807) is 6.07 Å². The molecule has 1 aliphatic carbocycles. The van der Waals surface area contributed by atoms with Crippen molar-refractivity contribution in [1.82, 2.24) is 0 Å². The van der Waals surface area contributed by atoms with Crippen molar-refractivity contribution in [3.63, 3.8) is 0 Å². The average Bonchev–Trinajstić information content (AvgIpc) is 3.14. The van der Waals surface area contributed by atoms with Gasteiger partial charge < -0.3 is 14.2 Å². The molecule has 0 fully saturated rings.